The molecule has 1 aliphatic carbocycles. The fourth-order valence-electron chi connectivity index (χ4n) is 3.92. The SMILES string of the molecule is C=C1CCc2c1ccc(CCN(CCC)CC(C=Nc1cncc(C#N)c1)=CN)c2N. The number of aromatic nitrogens is 1. The predicted octanol–water partition coefficient (Wildman–Crippen LogP) is 3.99. The summed E-state index contributed by atoms with van der Waals surface area (Å²) in [5, 5.41) is 9.01. The van der Waals surface area contributed by atoms with Crippen LogP contribution >= 0.6 is 0 Å². The Bertz CT molecular complexity index is 1040. The summed E-state index contributed by atoms with van der Waals surface area (Å²) in [7, 11) is 0. The lowest BCUT2D eigenvalue weighted by Gasteiger charge is -2.22. The molecule has 3 rings (SSSR count). The topological polar surface area (TPSA) is 104 Å². The highest BCUT2D eigenvalue weighted by molar-refractivity contribution is 5.81. The number of nitrogens with zero attached hydrogens (tertiary/aromatic N) is 4. The van der Waals surface area contributed by atoms with Gasteiger partial charge in [-0.05, 0) is 72.3 Å². The van der Waals surface area contributed by atoms with Gasteiger partial charge in [0.05, 0.1) is 17.4 Å². The summed E-state index contributed by atoms with van der Waals surface area (Å²) in [6.45, 7) is 8.85. The Morgan fingerprint density at radius 1 is 1.32 bits per heavy atom. The largest absolute Gasteiger partial charge is 0.404 e. The quantitative estimate of drug-likeness (QED) is 0.477. The predicted molar refractivity (Wildman–Crippen MR) is 128 cm³/mol. The lowest BCUT2D eigenvalue weighted by molar-refractivity contribution is 0.304. The number of nitriles is 1. The van der Waals surface area contributed by atoms with Gasteiger partial charge in [-0.3, -0.25) is 14.9 Å². The Labute approximate surface area is 184 Å². The van der Waals surface area contributed by atoms with E-state index in [0.29, 0.717) is 17.8 Å². The molecule has 31 heavy (non-hydrogen) atoms. The van der Waals surface area contributed by atoms with E-state index in [1.807, 2.05) is 0 Å². The summed E-state index contributed by atoms with van der Waals surface area (Å²) in [5.74, 6) is 0. The molecule has 6 heteroatoms. The molecule has 0 radical (unpaired) electrons. The summed E-state index contributed by atoms with van der Waals surface area (Å²) < 4.78 is 0. The van der Waals surface area contributed by atoms with Crippen LogP contribution in [0.25, 0.3) is 5.57 Å². The van der Waals surface area contributed by atoms with Crippen molar-refractivity contribution in [1.29, 1.82) is 5.26 Å². The summed E-state index contributed by atoms with van der Waals surface area (Å²) in [4.78, 5) is 10.8. The van der Waals surface area contributed by atoms with E-state index in [-0.39, 0.29) is 0 Å². The molecule has 4 N–H and O–H groups in total. The molecular formula is C25H30N6. The summed E-state index contributed by atoms with van der Waals surface area (Å²) >= 11 is 0. The minimum Gasteiger partial charge on any atom is -0.404 e. The van der Waals surface area contributed by atoms with Crippen molar-refractivity contribution >= 4 is 23.2 Å². The second-order valence-electron chi connectivity index (χ2n) is 7.84. The number of rotatable bonds is 9. The summed E-state index contributed by atoms with van der Waals surface area (Å²) in [5.41, 5.74) is 20.2. The van der Waals surface area contributed by atoms with Crippen LogP contribution in [0.3, 0.4) is 0 Å². The van der Waals surface area contributed by atoms with E-state index in [4.69, 9.17) is 16.7 Å². The maximum atomic E-state index is 9.01. The number of nitrogen functional groups attached to an aromatic ring is 1. The number of allylic oxidation sites excluding steroid dienone is 1. The molecule has 1 aromatic carbocycles. The number of fused-ring (bicyclic) bond motifs is 1. The van der Waals surface area contributed by atoms with Crippen molar-refractivity contribution in [3.63, 3.8) is 0 Å². The number of benzene rings is 1. The monoisotopic (exact) mass is 414 g/mol. The molecule has 0 saturated carbocycles. The number of pyridine rings is 1. The third kappa shape index (κ3) is 5.59. The van der Waals surface area contributed by atoms with Crippen LogP contribution < -0.4 is 11.5 Å². The van der Waals surface area contributed by atoms with E-state index in [2.05, 4.69) is 46.6 Å². The normalized spacial score (nSPS) is 13.7. The fraction of sp³-hybridized carbons (Fsp3) is 0.320. The van der Waals surface area contributed by atoms with Crippen LogP contribution in [0.2, 0.25) is 0 Å². The molecule has 0 unspecified atom stereocenters. The molecule has 0 amide bonds. The van der Waals surface area contributed by atoms with Crippen LogP contribution in [0.1, 0.15) is 42.0 Å². The molecule has 0 saturated heterocycles. The molecule has 0 aliphatic heterocycles. The van der Waals surface area contributed by atoms with Crippen LogP contribution in [-0.4, -0.2) is 35.7 Å². The Morgan fingerprint density at radius 3 is 2.90 bits per heavy atom. The molecule has 0 fully saturated rings. The van der Waals surface area contributed by atoms with Gasteiger partial charge in [0, 0.05) is 31.2 Å². The number of aliphatic imine (C=N–C) groups is 1. The van der Waals surface area contributed by atoms with Crippen LogP contribution in [0.5, 0.6) is 0 Å². The second-order valence-corrected chi connectivity index (χ2v) is 7.84. The van der Waals surface area contributed by atoms with E-state index in [0.717, 1.165) is 50.0 Å². The van der Waals surface area contributed by atoms with Crippen molar-refractivity contribution < 1.29 is 0 Å². The van der Waals surface area contributed by atoms with Crippen LogP contribution in [0.15, 0.2) is 53.9 Å². The van der Waals surface area contributed by atoms with Gasteiger partial charge in [-0.25, -0.2) is 0 Å². The zero-order valence-corrected chi connectivity index (χ0v) is 18.1. The lowest BCUT2D eigenvalue weighted by atomic mass is 10.00. The number of nitrogens with two attached hydrogens (primary N) is 2. The number of hydrogen-bond donors (Lipinski definition) is 2. The zero-order chi connectivity index (χ0) is 22.2. The standard InChI is InChI=1S/C25H30N6/c1-3-9-31(10-8-21-5-7-23-18(2)4-6-24(23)25(21)28)17-20(13-27)15-30-22-11-19(12-26)14-29-16-22/h5,7,11,13-16H,2-4,6,8-10,17,27-28H2,1H3. The Hall–Kier alpha value is -3.43. The first-order valence-electron chi connectivity index (χ1n) is 10.7. The highest BCUT2D eigenvalue weighted by atomic mass is 15.1. The summed E-state index contributed by atoms with van der Waals surface area (Å²) in [6, 6.07) is 8.09. The first-order valence-corrected chi connectivity index (χ1v) is 10.7. The maximum Gasteiger partial charge on any atom is 0.101 e. The van der Waals surface area contributed by atoms with Gasteiger partial charge in [0.25, 0.3) is 0 Å². The number of hydrogen-bond acceptors (Lipinski definition) is 6. The molecular weight excluding hydrogens is 384 g/mol. The smallest absolute Gasteiger partial charge is 0.101 e. The highest BCUT2D eigenvalue weighted by Crippen LogP contribution is 2.36. The van der Waals surface area contributed by atoms with E-state index in [1.54, 1.807) is 24.7 Å². The molecule has 0 atom stereocenters. The Balaban J connectivity index is 1.65. The van der Waals surface area contributed by atoms with Gasteiger partial charge in [0.1, 0.15) is 6.07 Å². The summed E-state index contributed by atoms with van der Waals surface area (Å²) in [6.07, 6.45) is 10.4. The molecule has 0 bridgehead atoms. The van der Waals surface area contributed by atoms with Crippen LogP contribution in [-0.2, 0) is 12.8 Å². The van der Waals surface area contributed by atoms with Crippen molar-refractivity contribution in [2.45, 2.75) is 32.6 Å². The van der Waals surface area contributed by atoms with E-state index in [9.17, 15) is 0 Å². The zero-order valence-electron chi connectivity index (χ0n) is 18.1. The molecule has 2 aromatic rings. The van der Waals surface area contributed by atoms with Crippen molar-refractivity contribution in [2.24, 2.45) is 10.7 Å². The molecule has 1 aromatic heterocycles. The van der Waals surface area contributed by atoms with Gasteiger partial charge >= 0.3 is 0 Å². The molecule has 1 aliphatic rings. The van der Waals surface area contributed by atoms with E-state index >= 15 is 0 Å². The van der Waals surface area contributed by atoms with Crippen molar-refractivity contribution in [3.05, 3.63) is 71.2 Å². The van der Waals surface area contributed by atoms with Gasteiger partial charge in [-0.15, -0.1) is 0 Å². The van der Waals surface area contributed by atoms with E-state index in [1.165, 1.54) is 28.5 Å². The van der Waals surface area contributed by atoms with Crippen molar-refractivity contribution in [1.82, 2.24) is 9.88 Å². The van der Waals surface area contributed by atoms with Crippen molar-refractivity contribution in [2.75, 3.05) is 25.4 Å². The Kier molecular flexibility index (Phi) is 7.58. The van der Waals surface area contributed by atoms with Crippen LogP contribution in [0, 0.1) is 11.3 Å². The van der Waals surface area contributed by atoms with E-state index < -0.39 is 0 Å². The molecule has 6 nitrogen and oxygen atoms in total. The van der Waals surface area contributed by atoms with Gasteiger partial charge in [0.15, 0.2) is 0 Å². The average Bonchev–Trinajstić information content (AvgIpc) is 3.17. The van der Waals surface area contributed by atoms with Gasteiger partial charge < -0.3 is 11.5 Å². The van der Waals surface area contributed by atoms with Gasteiger partial charge in [0.2, 0.25) is 0 Å². The first-order chi connectivity index (χ1) is 15.0. The minimum absolute atomic E-state index is 0.482. The number of anilines is 1. The maximum absolute atomic E-state index is 9.01. The molecule has 0 spiro atoms. The fourth-order valence-corrected chi connectivity index (χ4v) is 3.92. The third-order valence-electron chi connectivity index (χ3n) is 5.59. The third-order valence-corrected chi connectivity index (χ3v) is 5.59. The molecule has 1 heterocycles. The second kappa shape index (κ2) is 10.6. The van der Waals surface area contributed by atoms with Crippen LogP contribution in [0.4, 0.5) is 11.4 Å². The van der Waals surface area contributed by atoms with Gasteiger partial charge in [-0.2, -0.15) is 5.26 Å². The lowest BCUT2D eigenvalue weighted by Crippen LogP contribution is -2.30. The van der Waals surface area contributed by atoms with Crippen molar-refractivity contribution in [3.8, 4) is 6.07 Å². The molecule has 160 valence electrons. The minimum atomic E-state index is 0.482. The first kappa shape index (κ1) is 22.3. The highest BCUT2D eigenvalue weighted by Gasteiger charge is 2.19. The average molecular weight is 415 g/mol. The van der Waals surface area contributed by atoms with Gasteiger partial charge in [-0.1, -0.05) is 25.6 Å². The Morgan fingerprint density at radius 2 is 2.16 bits per heavy atom.